The standard InChI is InChI=1S/C16H20O/c1-13(2)17-16-9-5-8-15(12-16)11-10-14-6-3-4-7-14/h5,8-9,12-14H,3-4,6-7H2,1-2H3. The molecule has 0 saturated heterocycles. The maximum Gasteiger partial charge on any atom is 0.120 e. The fourth-order valence-corrected chi connectivity index (χ4v) is 2.17. The van der Waals surface area contributed by atoms with Crippen LogP contribution in [0.25, 0.3) is 0 Å². The monoisotopic (exact) mass is 228 g/mol. The Kier molecular flexibility index (Phi) is 4.09. The van der Waals surface area contributed by atoms with Crippen LogP contribution in [0.4, 0.5) is 0 Å². The maximum absolute atomic E-state index is 5.66. The summed E-state index contributed by atoms with van der Waals surface area (Å²) in [5, 5.41) is 0. The third-order valence-electron chi connectivity index (χ3n) is 2.98. The summed E-state index contributed by atoms with van der Waals surface area (Å²) in [4.78, 5) is 0. The average molecular weight is 228 g/mol. The van der Waals surface area contributed by atoms with Crippen LogP contribution in [0, 0.1) is 17.8 Å². The second kappa shape index (κ2) is 5.77. The van der Waals surface area contributed by atoms with E-state index in [0.717, 1.165) is 11.3 Å². The number of hydrogen-bond acceptors (Lipinski definition) is 1. The molecule has 0 atom stereocenters. The van der Waals surface area contributed by atoms with Gasteiger partial charge in [-0.3, -0.25) is 0 Å². The van der Waals surface area contributed by atoms with Gasteiger partial charge in [0, 0.05) is 11.5 Å². The van der Waals surface area contributed by atoms with E-state index in [1.807, 2.05) is 32.0 Å². The minimum absolute atomic E-state index is 0.216. The second-order valence-corrected chi connectivity index (χ2v) is 4.95. The van der Waals surface area contributed by atoms with E-state index in [2.05, 4.69) is 17.9 Å². The van der Waals surface area contributed by atoms with Gasteiger partial charge in [-0.2, -0.15) is 0 Å². The van der Waals surface area contributed by atoms with Crippen molar-refractivity contribution in [2.45, 2.75) is 45.6 Å². The third-order valence-corrected chi connectivity index (χ3v) is 2.98. The zero-order valence-electron chi connectivity index (χ0n) is 10.7. The molecular weight excluding hydrogens is 208 g/mol. The predicted molar refractivity (Wildman–Crippen MR) is 71.0 cm³/mol. The van der Waals surface area contributed by atoms with Crippen molar-refractivity contribution in [1.82, 2.24) is 0 Å². The highest BCUT2D eigenvalue weighted by Gasteiger charge is 2.11. The molecule has 90 valence electrons. The summed E-state index contributed by atoms with van der Waals surface area (Å²) in [6, 6.07) is 8.08. The topological polar surface area (TPSA) is 9.23 Å². The van der Waals surface area contributed by atoms with Crippen LogP contribution in [-0.4, -0.2) is 6.10 Å². The summed E-state index contributed by atoms with van der Waals surface area (Å²) in [5.41, 5.74) is 1.06. The molecular formula is C16H20O. The molecule has 1 aliphatic rings. The van der Waals surface area contributed by atoms with Gasteiger partial charge in [0.2, 0.25) is 0 Å². The van der Waals surface area contributed by atoms with Gasteiger partial charge in [-0.1, -0.05) is 30.7 Å². The molecule has 1 nitrogen and oxygen atoms in total. The molecule has 0 N–H and O–H groups in total. The Bertz CT molecular complexity index is 417. The highest BCUT2D eigenvalue weighted by atomic mass is 16.5. The van der Waals surface area contributed by atoms with E-state index >= 15 is 0 Å². The van der Waals surface area contributed by atoms with Gasteiger partial charge in [-0.15, -0.1) is 0 Å². The van der Waals surface area contributed by atoms with Crippen molar-refractivity contribution in [2.24, 2.45) is 5.92 Å². The Morgan fingerprint density at radius 1 is 1.24 bits per heavy atom. The first-order valence-electron chi connectivity index (χ1n) is 6.52. The molecule has 1 saturated carbocycles. The molecule has 0 amide bonds. The van der Waals surface area contributed by atoms with Gasteiger partial charge in [0.05, 0.1) is 6.10 Å². The Morgan fingerprint density at radius 2 is 2.00 bits per heavy atom. The molecule has 0 spiro atoms. The molecule has 0 heterocycles. The van der Waals surface area contributed by atoms with Crippen LogP contribution in [0.5, 0.6) is 5.75 Å². The largest absolute Gasteiger partial charge is 0.491 e. The lowest BCUT2D eigenvalue weighted by Gasteiger charge is -2.09. The van der Waals surface area contributed by atoms with Crippen LogP contribution in [0.1, 0.15) is 45.1 Å². The van der Waals surface area contributed by atoms with E-state index in [1.165, 1.54) is 25.7 Å². The smallest absolute Gasteiger partial charge is 0.120 e. The van der Waals surface area contributed by atoms with Crippen molar-refractivity contribution in [1.29, 1.82) is 0 Å². The number of hydrogen-bond donors (Lipinski definition) is 0. The van der Waals surface area contributed by atoms with Crippen LogP contribution < -0.4 is 4.74 Å². The molecule has 0 bridgehead atoms. The first-order chi connectivity index (χ1) is 8.24. The Balaban J connectivity index is 2.04. The molecule has 0 aromatic heterocycles. The predicted octanol–water partition coefficient (Wildman–Crippen LogP) is 4.02. The highest BCUT2D eigenvalue weighted by Crippen LogP contribution is 2.24. The van der Waals surface area contributed by atoms with Gasteiger partial charge in [0.15, 0.2) is 0 Å². The van der Waals surface area contributed by atoms with Crippen molar-refractivity contribution in [3.63, 3.8) is 0 Å². The van der Waals surface area contributed by atoms with Gasteiger partial charge >= 0.3 is 0 Å². The molecule has 17 heavy (non-hydrogen) atoms. The quantitative estimate of drug-likeness (QED) is 0.695. The van der Waals surface area contributed by atoms with Crippen LogP contribution in [0.2, 0.25) is 0 Å². The summed E-state index contributed by atoms with van der Waals surface area (Å²) in [7, 11) is 0. The fourth-order valence-electron chi connectivity index (χ4n) is 2.17. The van der Waals surface area contributed by atoms with Gasteiger partial charge in [-0.25, -0.2) is 0 Å². The van der Waals surface area contributed by atoms with Crippen LogP contribution in [-0.2, 0) is 0 Å². The first kappa shape index (κ1) is 12.0. The summed E-state index contributed by atoms with van der Waals surface area (Å²) in [5.74, 6) is 8.17. The molecule has 1 aromatic carbocycles. The lowest BCUT2D eigenvalue weighted by molar-refractivity contribution is 0.242. The van der Waals surface area contributed by atoms with Crippen molar-refractivity contribution < 1.29 is 4.74 Å². The van der Waals surface area contributed by atoms with E-state index in [9.17, 15) is 0 Å². The molecule has 0 unspecified atom stereocenters. The van der Waals surface area contributed by atoms with Gasteiger partial charge in [-0.05, 0) is 44.9 Å². The summed E-state index contributed by atoms with van der Waals surface area (Å²) < 4.78 is 5.66. The zero-order chi connectivity index (χ0) is 12.1. The lowest BCUT2D eigenvalue weighted by atomic mass is 10.1. The molecule has 1 fully saturated rings. The van der Waals surface area contributed by atoms with E-state index in [0.29, 0.717) is 5.92 Å². The molecule has 0 aliphatic heterocycles. The fraction of sp³-hybridized carbons (Fsp3) is 0.500. The summed E-state index contributed by atoms with van der Waals surface area (Å²) in [6.45, 7) is 4.08. The lowest BCUT2D eigenvalue weighted by Crippen LogP contribution is -2.05. The van der Waals surface area contributed by atoms with E-state index in [-0.39, 0.29) is 6.10 Å². The Labute approximate surface area is 104 Å². The minimum Gasteiger partial charge on any atom is -0.491 e. The number of ether oxygens (including phenoxy) is 1. The van der Waals surface area contributed by atoms with E-state index in [4.69, 9.17) is 4.74 Å². The average Bonchev–Trinajstić information content (AvgIpc) is 2.79. The normalized spacial score (nSPS) is 15.7. The van der Waals surface area contributed by atoms with Crippen molar-refractivity contribution in [3.8, 4) is 17.6 Å². The molecule has 1 aliphatic carbocycles. The molecule has 1 aromatic rings. The summed E-state index contributed by atoms with van der Waals surface area (Å²) >= 11 is 0. The SMILES string of the molecule is CC(C)Oc1cccc(C#CC2CCCC2)c1. The zero-order valence-corrected chi connectivity index (χ0v) is 10.7. The van der Waals surface area contributed by atoms with E-state index in [1.54, 1.807) is 0 Å². The molecule has 2 rings (SSSR count). The summed E-state index contributed by atoms with van der Waals surface area (Å²) in [6.07, 6.45) is 5.45. The number of benzene rings is 1. The van der Waals surface area contributed by atoms with E-state index < -0.39 is 0 Å². The van der Waals surface area contributed by atoms with Gasteiger partial charge in [0.25, 0.3) is 0 Å². The molecule has 0 radical (unpaired) electrons. The minimum atomic E-state index is 0.216. The maximum atomic E-state index is 5.66. The Morgan fingerprint density at radius 3 is 2.71 bits per heavy atom. The Hall–Kier alpha value is -1.42. The van der Waals surface area contributed by atoms with Crippen LogP contribution >= 0.6 is 0 Å². The van der Waals surface area contributed by atoms with Gasteiger partial charge in [0.1, 0.15) is 5.75 Å². The van der Waals surface area contributed by atoms with Gasteiger partial charge < -0.3 is 4.74 Å². The van der Waals surface area contributed by atoms with Crippen molar-refractivity contribution in [3.05, 3.63) is 29.8 Å². The second-order valence-electron chi connectivity index (χ2n) is 4.95. The third kappa shape index (κ3) is 3.82. The number of rotatable bonds is 2. The first-order valence-corrected chi connectivity index (χ1v) is 6.52. The van der Waals surface area contributed by atoms with Crippen LogP contribution in [0.15, 0.2) is 24.3 Å². The van der Waals surface area contributed by atoms with Crippen molar-refractivity contribution in [2.75, 3.05) is 0 Å². The van der Waals surface area contributed by atoms with Crippen molar-refractivity contribution >= 4 is 0 Å². The highest BCUT2D eigenvalue weighted by molar-refractivity contribution is 5.40. The van der Waals surface area contributed by atoms with Crippen LogP contribution in [0.3, 0.4) is 0 Å². The molecule has 1 heteroatoms.